The first-order chi connectivity index (χ1) is 6.34. The minimum Gasteiger partial charge on any atom is -0.395 e. The van der Waals surface area contributed by atoms with Crippen LogP contribution in [0.3, 0.4) is 0 Å². The molecule has 0 bridgehead atoms. The van der Waals surface area contributed by atoms with Crippen molar-refractivity contribution >= 4 is 6.03 Å². The lowest BCUT2D eigenvalue weighted by Crippen LogP contribution is -2.42. The summed E-state index contributed by atoms with van der Waals surface area (Å²) in [6.45, 7) is 3.00. The summed E-state index contributed by atoms with van der Waals surface area (Å²) in [6, 6.07) is -0.112. The Morgan fingerprint density at radius 3 is 3.08 bits per heavy atom. The predicted molar refractivity (Wildman–Crippen MR) is 47.5 cm³/mol. The summed E-state index contributed by atoms with van der Waals surface area (Å²) in [5.74, 6) is 0. The number of ether oxygens (including phenoxy) is 1. The zero-order chi connectivity index (χ0) is 9.52. The van der Waals surface area contributed by atoms with Crippen molar-refractivity contribution in [3.63, 3.8) is 0 Å². The van der Waals surface area contributed by atoms with Gasteiger partial charge in [-0.1, -0.05) is 0 Å². The van der Waals surface area contributed by atoms with E-state index in [1.807, 2.05) is 0 Å². The SMILES string of the molecule is O=C(NCCO)N1CCCOCC1. The van der Waals surface area contributed by atoms with Gasteiger partial charge >= 0.3 is 6.03 Å². The number of rotatable bonds is 2. The number of carbonyl (C=O) groups excluding carboxylic acids is 1. The van der Waals surface area contributed by atoms with E-state index in [4.69, 9.17) is 9.84 Å². The number of nitrogens with zero attached hydrogens (tertiary/aromatic N) is 1. The topological polar surface area (TPSA) is 61.8 Å². The molecule has 2 N–H and O–H groups in total. The zero-order valence-corrected chi connectivity index (χ0v) is 7.66. The average molecular weight is 188 g/mol. The Morgan fingerprint density at radius 1 is 1.46 bits per heavy atom. The molecule has 1 aliphatic rings. The van der Waals surface area contributed by atoms with E-state index in [1.165, 1.54) is 0 Å². The van der Waals surface area contributed by atoms with Gasteiger partial charge in [0.2, 0.25) is 0 Å². The predicted octanol–water partition coefficient (Wildman–Crippen LogP) is -0.589. The van der Waals surface area contributed by atoms with Crippen LogP contribution in [0.25, 0.3) is 0 Å². The van der Waals surface area contributed by atoms with Crippen molar-refractivity contribution in [3.8, 4) is 0 Å². The molecule has 76 valence electrons. The Kier molecular flexibility index (Phi) is 4.56. The van der Waals surface area contributed by atoms with E-state index in [0.29, 0.717) is 19.7 Å². The summed E-state index contributed by atoms with van der Waals surface area (Å²) in [7, 11) is 0. The van der Waals surface area contributed by atoms with E-state index in [-0.39, 0.29) is 12.6 Å². The molecule has 1 saturated heterocycles. The number of hydrogen-bond acceptors (Lipinski definition) is 3. The number of amides is 2. The summed E-state index contributed by atoms with van der Waals surface area (Å²) in [5, 5.41) is 11.1. The highest BCUT2D eigenvalue weighted by Crippen LogP contribution is 1.98. The smallest absolute Gasteiger partial charge is 0.317 e. The molecule has 0 unspecified atom stereocenters. The Balaban J connectivity index is 2.26. The monoisotopic (exact) mass is 188 g/mol. The van der Waals surface area contributed by atoms with Crippen LogP contribution in [0.5, 0.6) is 0 Å². The van der Waals surface area contributed by atoms with Crippen LogP contribution in [0, 0.1) is 0 Å². The lowest BCUT2D eigenvalue weighted by Gasteiger charge is -2.19. The number of aliphatic hydroxyl groups excluding tert-OH is 1. The van der Waals surface area contributed by atoms with Crippen molar-refractivity contribution in [1.29, 1.82) is 0 Å². The first kappa shape index (κ1) is 10.3. The third kappa shape index (κ3) is 3.61. The molecular formula is C8H16N2O3. The number of carbonyl (C=O) groups is 1. The van der Waals surface area contributed by atoms with Gasteiger partial charge in [-0.3, -0.25) is 0 Å². The number of urea groups is 1. The van der Waals surface area contributed by atoms with Crippen LogP contribution in [0.1, 0.15) is 6.42 Å². The molecule has 0 aliphatic carbocycles. The fourth-order valence-electron chi connectivity index (χ4n) is 1.22. The summed E-state index contributed by atoms with van der Waals surface area (Å²) < 4.78 is 5.21. The average Bonchev–Trinajstić information content (AvgIpc) is 2.42. The van der Waals surface area contributed by atoms with Gasteiger partial charge in [0.1, 0.15) is 0 Å². The highest BCUT2D eigenvalue weighted by Gasteiger charge is 2.14. The van der Waals surface area contributed by atoms with E-state index in [9.17, 15) is 4.79 Å². The second kappa shape index (κ2) is 5.77. The lowest BCUT2D eigenvalue weighted by molar-refractivity contribution is 0.142. The molecular weight excluding hydrogens is 172 g/mol. The number of hydrogen-bond donors (Lipinski definition) is 2. The van der Waals surface area contributed by atoms with Crippen LogP contribution in [0.15, 0.2) is 0 Å². The Bertz CT molecular complexity index is 155. The molecule has 2 amide bonds. The van der Waals surface area contributed by atoms with Crippen LogP contribution >= 0.6 is 0 Å². The Labute approximate surface area is 77.7 Å². The third-order valence-electron chi connectivity index (χ3n) is 1.90. The van der Waals surface area contributed by atoms with Crippen LogP contribution in [0.2, 0.25) is 0 Å². The van der Waals surface area contributed by atoms with Crippen LogP contribution in [-0.4, -0.2) is 55.5 Å². The molecule has 0 spiro atoms. The second-order valence-electron chi connectivity index (χ2n) is 2.91. The van der Waals surface area contributed by atoms with Gasteiger partial charge in [-0.2, -0.15) is 0 Å². The molecule has 13 heavy (non-hydrogen) atoms. The molecule has 1 heterocycles. The van der Waals surface area contributed by atoms with Gasteiger partial charge in [-0.15, -0.1) is 0 Å². The van der Waals surface area contributed by atoms with Gasteiger partial charge in [-0.25, -0.2) is 4.79 Å². The minimum absolute atomic E-state index is 0.0178. The highest BCUT2D eigenvalue weighted by molar-refractivity contribution is 5.74. The molecule has 1 rings (SSSR count). The number of nitrogens with one attached hydrogen (secondary N) is 1. The maximum atomic E-state index is 11.4. The van der Waals surface area contributed by atoms with Gasteiger partial charge < -0.3 is 20.1 Å². The van der Waals surface area contributed by atoms with Gasteiger partial charge in [0.25, 0.3) is 0 Å². The molecule has 1 fully saturated rings. The second-order valence-corrected chi connectivity index (χ2v) is 2.91. The molecule has 0 aromatic carbocycles. The fraction of sp³-hybridized carbons (Fsp3) is 0.875. The van der Waals surface area contributed by atoms with Gasteiger partial charge in [-0.05, 0) is 6.42 Å². The summed E-state index contributed by atoms with van der Waals surface area (Å²) >= 11 is 0. The molecule has 5 nitrogen and oxygen atoms in total. The summed E-state index contributed by atoms with van der Waals surface area (Å²) in [4.78, 5) is 13.1. The van der Waals surface area contributed by atoms with E-state index < -0.39 is 0 Å². The van der Waals surface area contributed by atoms with Gasteiger partial charge in [0, 0.05) is 26.2 Å². The third-order valence-corrected chi connectivity index (χ3v) is 1.90. The Morgan fingerprint density at radius 2 is 2.31 bits per heavy atom. The molecule has 1 aliphatic heterocycles. The van der Waals surface area contributed by atoms with Crippen molar-refractivity contribution in [2.75, 3.05) is 39.5 Å². The summed E-state index contributed by atoms with van der Waals surface area (Å²) in [5.41, 5.74) is 0. The first-order valence-corrected chi connectivity index (χ1v) is 4.56. The zero-order valence-electron chi connectivity index (χ0n) is 7.66. The summed E-state index contributed by atoms with van der Waals surface area (Å²) in [6.07, 6.45) is 0.881. The van der Waals surface area contributed by atoms with Crippen molar-refractivity contribution in [2.45, 2.75) is 6.42 Å². The lowest BCUT2D eigenvalue weighted by atomic mass is 10.4. The molecule has 0 aromatic heterocycles. The highest BCUT2D eigenvalue weighted by atomic mass is 16.5. The van der Waals surface area contributed by atoms with E-state index in [1.54, 1.807) is 4.90 Å². The Hall–Kier alpha value is -0.810. The molecule has 0 aromatic rings. The van der Waals surface area contributed by atoms with Crippen LogP contribution in [0.4, 0.5) is 4.79 Å². The largest absolute Gasteiger partial charge is 0.395 e. The maximum absolute atomic E-state index is 11.4. The van der Waals surface area contributed by atoms with Crippen molar-refractivity contribution in [1.82, 2.24) is 10.2 Å². The van der Waals surface area contributed by atoms with E-state index >= 15 is 0 Å². The van der Waals surface area contributed by atoms with Crippen molar-refractivity contribution < 1.29 is 14.6 Å². The van der Waals surface area contributed by atoms with Crippen LogP contribution < -0.4 is 5.32 Å². The van der Waals surface area contributed by atoms with Crippen LogP contribution in [-0.2, 0) is 4.74 Å². The van der Waals surface area contributed by atoms with Gasteiger partial charge in [0.15, 0.2) is 0 Å². The van der Waals surface area contributed by atoms with E-state index in [2.05, 4.69) is 5.32 Å². The maximum Gasteiger partial charge on any atom is 0.317 e. The molecule has 0 saturated carbocycles. The quantitative estimate of drug-likeness (QED) is 0.609. The van der Waals surface area contributed by atoms with E-state index in [0.717, 1.165) is 19.6 Å². The molecule has 5 heteroatoms. The standard InChI is InChI=1S/C8H16N2O3/c11-5-2-9-8(12)10-3-1-6-13-7-4-10/h11H,1-7H2,(H,9,12). The molecule has 0 atom stereocenters. The van der Waals surface area contributed by atoms with Gasteiger partial charge in [0.05, 0.1) is 13.2 Å². The van der Waals surface area contributed by atoms with Crippen molar-refractivity contribution in [3.05, 3.63) is 0 Å². The first-order valence-electron chi connectivity index (χ1n) is 4.56. The fourth-order valence-corrected chi connectivity index (χ4v) is 1.22. The number of aliphatic hydroxyl groups is 1. The minimum atomic E-state index is -0.112. The van der Waals surface area contributed by atoms with Crippen molar-refractivity contribution in [2.24, 2.45) is 0 Å². The normalized spacial score (nSPS) is 18.1. The molecule has 0 radical (unpaired) electrons.